The van der Waals surface area contributed by atoms with Crippen molar-refractivity contribution in [3.63, 3.8) is 0 Å². The summed E-state index contributed by atoms with van der Waals surface area (Å²) in [6, 6.07) is 11.7. The van der Waals surface area contributed by atoms with Crippen LogP contribution in [-0.2, 0) is 14.8 Å². The highest BCUT2D eigenvalue weighted by Crippen LogP contribution is 2.58. The van der Waals surface area contributed by atoms with Crippen molar-refractivity contribution in [3.8, 4) is 0 Å². The molecule has 0 amide bonds. The van der Waals surface area contributed by atoms with Gasteiger partial charge in [0.1, 0.15) is 9.75 Å². The van der Waals surface area contributed by atoms with Gasteiger partial charge in [0.15, 0.2) is 5.78 Å². The first-order valence-corrected chi connectivity index (χ1v) is 9.93. The van der Waals surface area contributed by atoms with Crippen LogP contribution < -0.4 is 4.72 Å². The third-order valence-electron chi connectivity index (χ3n) is 4.61. The summed E-state index contributed by atoms with van der Waals surface area (Å²) in [5.74, 6) is -2.29. The molecule has 6 nitrogen and oxygen atoms in total. The lowest BCUT2D eigenvalue weighted by molar-refractivity contribution is -0.140. The maximum absolute atomic E-state index is 12.7. The molecule has 2 aromatic rings. The number of carbonyl (C=O) groups excluding carboxylic acids is 1. The number of carboxylic acids is 1. The first-order valence-electron chi connectivity index (χ1n) is 7.63. The normalized spacial score (nSPS) is 25.5. The summed E-state index contributed by atoms with van der Waals surface area (Å²) >= 11 is 0.833. The Morgan fingerprint density at radius 2 is 1.80 bits per heavy atom. The lowest BCUT2D eigenvalue weighted by atomic mass is 10.1. The quantitative estimate of drug-likeness (QED) is 0.751. The molecule has 3 rings (SSSR count). The fraction of sp³-hybridized carbons (Fsp3) is 0.294. The number of sulfonamides is 1. The van der Waals surface area contributed by atoms with Crippen LogP contribution in [0.4, 0.5) is 0 Å². The molecule has 0 radical (unpaired) electrons. The summed E-state index contributed by atoms with van der Waals surface area (Å²) in [5, 5.41) is 9.73. The second-order valence-corrected chi connectivity index (χ2v) is 9.12. The number of rotatable bonds is 6. The van der Waals surface area contributed by atoms with Crippen molar-refractivity contribution in [2.24, 2.45) is 5.92 Å². The van der Waals surface area contributed by atoms with Crippen LogP contribution in [0.2, 0.25) is 0 Å². The lowest BCUT2D eigenvalue weighted by Gasteiger charge is -2.15. The molecule has 1 aliphatic carbocycles. The summed E-state index contributed by atoms with van der Waals surface area (Å²) in [7, 11) is -4.05. The molecule has 25 heavy (non-hydrogen) atoms. The van der Waals surface area contributed by atoms with E-state index >= 15 is 0 Å². The molecule has 0 spiro atoms. The number of aliphatic carboxylic acids is 1. The fourth-order valence-electron chi connectivity index (χ4n) is 3.23. The molecule has 1 aromatic heterocycles. The Kier molecular flexibility index (Phi) is 4.30. The third kappa shape index (κ3) is 2.90. The fourth-order valence-corrected chi connectivity index (χ4v) is 5.89. The highest BCUT2D eigenvalue weighted by Gasteiger charge is 2.70. The SMILES string of the molecule is CC(=O)c1ccc(S(=O)(=O)N[C@@]2(C(=O)O)[C@H](C)[C@@H]2c2ccccc2)s1. The van der Waals surface area contributed by atoms with Gasteiger partial charge >= 0.3 is 5.97 Å². The number of carboxylic acid groups (broad SMARTS) is 1. The second kappa shape index (κ2) is 6.05. The van der Waals surface area contributed by atoms with Crippen LogP contribution >= 0.6 is 11.3 Å². The van der Waals surface area contributed by atoms with E-state index in [1.54, 1.807) is 31.2 Å². The Bertz CT molecular complexity index is 935. The summed E-state index contributed by atoms with van der Waals surface area (Å²) in [6.45, 7) is 3.06. The van der Waals surface area contributed by atoms with Crippen LogP contribution in [0.3, 0.4) is 0 Å². The van der Waals surface area contributed by atoms with E-state index in [0.717, 1.165) is 16.9 Å². The van der Waals surface area contributed by atoms with E-state index in [1.807, 2.05) is 6.07 Å². The summed E-state index contributed by atoms with van der Waals surface area (Å²) in [5.41, 5.74) is -0.809. The van der Waals surface area contributed by atoms with Crippen molar-refractivity contribution >= 4 is 33.1 Å². The van der Waals surface area contributed by atoms with E-state index in [-0.39, 0.29) is 9.99 Å². The van der Waals surface area contributed by atoms with Crippen LogP contribution in [0.1, 0.15) is 35.0 Å². The van der Waals surface area contributed by atoms with Gasteiger partial charge in [-0.05, 0) is 30.5 Å². The van der Waals surface area contributed by atoms with Crippen molar-refractivity contribution in [2.75, 3.05) is 0 Å². The van der Waals surface area contributed by atoms with E-state index in [0.29, 0.717) is 4.88 Å². The molecule has 1 saturated carbocycles. The van der Waals surface area contributed by atoms with Crippen molar-refractivity contribution in [1.82, 2.24) is 4.72 Å². The number of carbonyl (C=O) groups is 2. The number of nitrogens with one attached hydrogen (secondary N) is 1. The Morgan fingerprint density at radius 1 is 1.16 bits per heavy atom. The largest absolute Gasteiger partial charge is 0.480 e. The maximum atomic E-state index is 12.7. The zero-order valence-electron chi connectivity index (χ0n) is 13.6. The number of thiophene rings is 1. The van der Waals surface area contributed by atoms with E-state index in [2.05, 4.69) is 4.72 Å². The van der Waals surface area contributed by atoms with Gasteiger partial charge in [-0.2, -0.15) is 4.72 Å². The Morgan fingerprint density at radius 3 is 2.32 bits per heavy atom. The molecule has 8 heteroatoms. The van der Waals surface area contributed by atoms with Gasteiger partial charge in [-0.3, -0.25) is 9.59 Å². The molecule has 0 aliphatic heterocycles. The molecule has 1 fully saturated rings. The predicted molar refractivity (Wildman–Crippen MR) is 93.4 cm³/mol. The molecule has 1 aromatic carbocycles. The molecule has 132 valence electrons. The minimum absolute atomic E-state index is 0.0655. The molecule has 2 N–H and O–H groups in total. The topological polar surface area (TPSA) is 101 Å². The number of benzene rings is 1. The smallest absolute Gasteiger partial charge is 0.325 e. The monoisotopic (exact) mass is 379 g/mol. The van der Waals surface area contributed by atoms with E-state index in [4.69, 9.17) is 0 Å². The van der Waals surface area contributed by atoms with E-state index in [9.17, 15) is 23.1 Å². The minimum Gasteiger partial charge on any atom is -0.480 e. The predicted octanol–water partition coefficient (Wildman–Crippen LogP) is 2.49. The van der Waals surface area contributed by atoms with Crippen LogP contribution in [0.25, 0.3) is 0 Å². The van der Waals surface area contributed by atoms with Gasteiger partial charge in [0.25, 0.3) is 10.0 Å². The molecular weight excluding hydrogens is 362 g/mol. The standard InChI is InChI=1S/C17H17NO5S2/c1-10-15(12-6-4-3-5-7-12)17(10,16(20)21)18-25(22,23)14-9-8-13(24-14)11(2)19/h3-10,15,18H,1-2H3,(H,20,21)/t10-,15-,17+/m1/s1. The number of hydrogen-bond acceptors (Lipinski definition) is 5. The van der Waals surface area contributed by atoms with Gasteiger partial charge in [-0.1, -0.05) is 37.3 Å². The van der Waals surface area contributed by atoms with E-state index in [1.165, 1.54) is 19.1 Å². The molecule has 0 bridgehead atoms. The Balaban J connectivity index is 1.95. The van der Waals surface area contributed by atoms with Gasteiger partial charge in [0.05, 0.1) is 4.88 Å². The second-order valence-electron chi connectivity index (χ2n) is 6.13. The molecule has 1 aliphatic rings. The van der Waals surface area contributed by atoms with Crippen molar-refractivity contribution in [3.05, 3.63) is 52.9 Å². The maximum Gasteiger partial charge on any atom is 0.325 e. The van der Waals surface area contributed by atoms with Gasteiger partial charge in [-0.15, -0.1) is 11.3 Å². The summed E-state index contributed by atoms with van der Waals surface area (Å²) in [4.78, 5) is 23.6. The molecule has 0 saturated heterocycles. The van der Waals surface area contributed by atoms with Gasteiger partial charge in [0.2, 0.25) is 0 Å². The summed E-state index contributed by atoms with van der Waals surface area (Å²) < 4.78 is 27.7. The molecular formula is C17H17NO5S2. The van der Waals surface area contributed by atoms with Crippen LogP contribution in [0.15, 0.2) is 46.7 Å². The van der Waals surface area contributed by atoms with Gasteiger partial charge < -0.3 is 5.11 Å². The summed E-state index contributed by atoms with van der Waals surface area (Å²) in [6.07, 6.45) is 0. The molecule has 3 atom stereocenters. The van der Waals surface area contributed by atoms with Crippen LogP contribution in [0.5, 0.6) is 0 Å². The van der Waals surface area contributed by atoms with Gasteiger partial charge in [0, 0.05) is 5.92 Å². The third-order valence-corrected chi connectivity index (χ3v) is 7.77. The Labute approximate surface area is 149 Å². The Hall–Kier alpha value is -2.03. The average Bonchev–Trinajstić information content (AvgIpc) is 2.94. The van der Waals surface area contributed by atoms with Gasteiger partial charge in [-0.25, -0.2) is 8.42 Å². The van der Waals surface area contributed by atoms with Crippen LogP contribution in [0, 0.1) is 5.92 Å². The lowest BCUT2D eigenvalue weighted by Crippen LogP contribution is -2.45. The highest BCUT2D eigenvalue weighted by atomic mass is 32.2. The molecule has 1 heterocycles. The zero-order chi connectivity index (χ0) is 18.4. The number of hydrogen-bond donors (Lipinski definition) is 2. The number of Topliss-reactive ketones (excluding diaryl/α,β-unsaturated/α-hetero) is 1. The van der Waals surface area contributed by atoms with Crippen LogP contribution in [-0.4, -0.2) is 30.8 Å². The van der Waals surface area contributed by atoms with Crippen molar-refractivity contribution in [1.29, 1.82) is 0 Å². The zero-order valence-corrected chi connectivity index (χ0v) is 15.2. The van der Waals surface area contributed by atoms with Crippen molar-refractivity contribution < 1.29 is 23.1 Å². The minimum atomic E-state index is -4.05. The van der Waals surface area contributed by atoms with E-state index < -0.39 is 33.4 Å². The first kappa shape index (κ1) is 17.8. The first-order chi connectivity index (χ1) is 11.7. The average molecular weight is 379 g/mol. The molecule has 0 unspecified atom stereocenters. The van der Waals surface area contributed by atoms with Crippen molar-refractivity contribution in [2.45, 2.75) is 29.5 Å². The number of ketones is 1. The highest BCUT2D eigenvalue weighted by molar-refractivity contribution is 7.91.